The first kappa shape index (κ1) is 20.0. The van der Waals surface area contributed by atoms with Crippen molar-refractivity contribution < 1.29 is 23.9 Å². The van der Waals surface area contributed by atoms with Gasteiger partial charge in [0.05, 0.1) is 25.2 Å². The quantitative estimate of drug-likeness (QED) is 0.774. The number of amides is 3. The van der Waals surface area contributed by atoms with E-state index in [1.807, 2.05) is 30.3 Å². The Morgan fingerprint density at radius 2 is 1.64 bits per heavy atom. The van der Waals surface area contributed by atoms with Crippen LogP contribution in [0, 0.1) is 0 Å². The summed E-state index contributed by atoms with van der Waals surface area (Å²) < 4.78 is 10.7. The predicted octanol–water partition coefficient (Wildman–Crippen LogP) is 2.09. The molecule has 0 radical (unpaired) electrons. The fraction of sp³-hybridized carbons (Fsp3) is 0.550. The average Bonchev–Trinajstić information content (AvgIpc) is 2.59. The number of piperazine rings is 1. The highest BCUT2D eigenvalue weighted by molar-refractivity contribution is 5.85. The molecule has 152 valence electrons. The van der Waals surface area contributed by atoms with Crippen molar-refractivity contribution in [3.63, 3.8) is 0 Å². The van der Waals surface area contributed by atoms with Crippen LogP contribution in [0.15, 0.2) is 30.3 Å². The summed E-state index contributed by atoms with van der Waals surface area (Å²) in [5.74, 6) is -0.174. The lowest BCUT2D eigenvalue weighted by Crippen LogP contribution is -2.78. The number of hydrogen-bond acceptors (Lipinski definition) is 5. The predicted molar refractivity (Wildman–Crippen MR) is 102 cm³/mol. The minimum absolute atomic E-state index is 0.0295. The molecule has 1 aromatic rings. The third-order valence-corrected chi connectivity index (χ3v) is 4.98. The first-order valence-corrected chi connectivity index (χ1v) is 9.30. The van der Waals surface area contributed by atoms with Gasteiger partial charge in [-0.05, 0) is 26.3 Å². The summed E-state index contributed by atoms with van der Waals surface area (Å²) in [6.07, 6.45) is -0.942. The normalized spacial score (nSPS) is 18.7. The van der Waals surface area contributed by atoms with Gasteiger partial charge in [-0.2, -0.15) is 0 Å². The van der Waals surface area contributed by atoms with E-state index in [0.29, 0.717) is 19.6 Å². The Balaban J connectivity index is 1.60. The van der Waals surface area contributed by atoms with Gasteiger partial charge in [-0.3, -0.25) is 9.69 Å². The summed E-state index contributed by atoms with van der Waals surface area (Å²) in [7, 11) is 1.71. The topological polar surface area (TPSA) is 79.4 Å². The van der Waals surface area contributed by atoms with Crippen LogP contribution in [0.2, 0.25) is 0 Å². The highest BCUT2D eigenvalue weighted by Crippen LogP contribution is 2.32. The molecule has 0 atom stereocenters. The number of nitrogens with zero attached hydrogens (tertiary/aromatic N) is 3. The molecule has 1 aromatic carbocycles. The lowest BCUT2D eigenvalue weighted by atomic mass is 9.85. The smallest absolute Gasteiger partial charge is 0.410 e. The fourth-order valence-corrected chi connectivity index (χ4v) is 3.42. The number of hydrogen-bond donors (Lipinski definition) is 0. The Morgan fingerprint density at radius 3 is 2.25 bits per heavy atom. The standard InChI is InChI=1S/C20H27N3O5/c1-19(2,3)28-18(26)23-13-20(14-23)12-22(10-16(24)21(20)4)17(25)27-11-15-8-6-5-7-9-15/h5-9H,10-14H2,1-4H3. The molecule has 0 bridgehead atoms. The molecule has 8 nitrogen and oxygen atoms in total. The molecule has 0 N–H and O–H groups in total. The van der Waals surface area contributed by atoms with Crippen molar-refractivity contribution >= 4 is 18.1 Å². The van der Waals surface area contributed by atoms with E-state index in [0.717, 1.165) is 5.56 Å². The molecule has 8 heteroatoms. The second-order valence-corrected chi connectivity index (χ2v) is 8.41. The van der Waals surface area contributed by atoms with Gasteiger partial charge in [0, 0.05) is 7.05 Å². The van der Waals surface area contributed by atoms with E-state index in [1.54, 1.807) is 37.6 Å². The number of benzene rings is 1. The maximum atomic E-state index is 12.5. The molecule has 0 unspecified atom stereocenters. The molecule has 0 aliphatic carbocycles. The van der Waals surface area contributed by atoms with Crippen LogP contribution in [0.25, 0.3) is 0 Å². The molecule has 28 heavy (non-hydrogen) atoms. The van der Waals surface area contributed by atoms with Gasteiger partial charge >= 0.3 is 12.2 Å². The van der Waals surface area contributed by atoms with Gasteiger partial charge in [0.2, 0.25) is 5.91 Å². The maximum Gasteiger partial charge on any atom is 0.410 e. The van der Waals surface area contributed by atoms with Crippen LogP contribution in [-0.2, 0) is 20.9 Å². The van der Waals surface area contributed by atoms with Gasteiger partial charge in [0.1, 0.15) is 18.8 Å². The van der Waals surface area contributed by atoms with Crippen LogP contribution >= 0.6 is 0 Å². The lowest BCUT2D eigenvalue weighted by molar-refractivity contribution is -0.154. The van der Waals surface area contributed by atoms with Crippen LogP contribution in [-0.4, -0.2) is 77.2 Å². The molecular formula is C20H27N3O5. The Hall–Kier alpha value is -2.77. The highest BCUT2D eigenvalue weighted by atomic mass is 16.6. The zero-order valence-electron chi connectivity index (χ0n) is 16.8. The molecule has 0 aromatic heterocycles. The SMILES string of the molecule is CN1C(=O)CN(C(=O)OCc2ccccc2)CC12CN(C(=O)OC(C)(C)C)C2. The lowest BCUT2D eigenvalue weighted by Gasteiger charge is -2.57. The van der Waals surface area contributed by atoms with Gasteiger partial charge in [0.15, 0.2) is 0 Å². The van der Waals surface area contributed by atoms with Crippen molar-refractivity contribution in [1.29, 1.82) is 0 Å². The monoisotopic (exact) mass is 389 g/mol. The molecule has 2 saturated heterocycles. The van der Waals surface area contributed by atoms with Gasteiger partial charge in [0.25, 0.3) is 0 Å². The Kier molecular flexibility index (Phi) is 5.23. The Labute approximate surface area is 165 Å². The third kappa shape index (κ3) is 4.21. The zero-order chi connectivity index (χ0) is 20.5. The fourth-order valence-electron chi connectivity index (χ4n) is 3.42. The molecule has 2 aliphatic heterocycles. The van der Waals surface area contributed by atoms with Crippen molar-refractivity contribution in [2.75, 3.05) is 33.2 Å². The van der Waals surface area contributed by atoms with E-state index in [-0.39, 0.29) is 19.1 Å². The van der Waals surface area contributed by atoms with Crippen LogP contribution in [0.5, 0.6) is 0 Å². The van der Waals surface area contributed by atoms with Gasteiger partial charge < -0.3 is 19.3 Å². The van der Waals surface area contributed by atoms with Gasteiger partial charge in [-0.15, -0.1) is 0 Å². The number of carbonyl (C=O) groups is 3. The molecular weight excluding hydrogens is 362 g/mol. The van der Waals surface area contributed by atoms with Crippen molar-refractivity contribution in [3.8, 4) is 0 Å². The molecule has 3 amide bonds. The number of likely N-dealkylation sites (N-methyl/N-ethyl adjacent to an activating group) is 1. The first-order chi connectivity index (χ1) is 13.1. The number of rotatable bonds is 2. The van der Waals surface area contributed by atoms with Crippen molar-refractivity contribution in [1.82, 2.24) is 14.7 Å². The van der Waals surface area contributed by atoms with Crippen LogP contribution in [0.1, 0.15) is 26.3 Å². The zero-order valence-corrected chi connectivity index (χ0v) is 16.8. The first-order valence-electron chi connectivity index (χ1n) is 9.30. The Bertz CT molecular complexity index is 753. The minimum Gasteiger partial charge on any atom is -0.445 e. The summed E-state index contributed by atoms with van der Waals surface area (Å²) in [4.78, 5) is 41.7. The van der Waals surface area contributed by atoms with Crippen LogP contribution in [0.4, 0.5) is 9.59 Å². The van der Waals surface area contributed by atoms with Gasteiger partial charge in [-0.25, -0.2) is 9.59 Å². The van der Waals surface area contributed by atoms with Crippen LogP contribution in [0.3, 0.4) is 0 Å². The van der Waals surface area contributed by atoms with E-state index >= 15 is 0 Å². The van der Waals surface area contributed by atoms with Gasteiger partial charge in [-0.1, -0.05) is 30.3 Å². The van der Waals surface area contributed by atoms with E-state index in [4.69, 9.17) is 9.47 Å². The summed E-state index contributed by atoms with van der Waals surface area (Å²) in [6, 6.07) is 9.37. The van der Waals surface area contributed by atoms with Crippen molar-refractivity contribution in [2.24, 2.45) is 0 Å². The number of likely N-dealkylation sites (tertiary alicyclic amines) is 1. The summed E-state index contributed by atoms with van der Waals surface area (Å²) in [5, 5.41) is 0. The van der Waals surface area contributed by atoms with E-state index in [9.17, 15) is 14.4 Å². The Morgan fingerprint density at radius 1 is 1.04 bits per heavy atom. The summed E-state index contributed by atoms with van der Waals surface area (Å²) in [5.41, 5.74) is -0.301. The van der Waals surface area contributed by atoms with E-state index in [2.05, 4.69) is 0 Å². The average molecular weight is 389 g/mol. The van der Waals surface area contributed by atoms with E-state index < -0.39 is 23.3 Å². The molecule has 2 heterocycles. The second kappa shape index (κ2) is 7.33. The largest absolute Gasteiger partial charge is 0.445 e. The molecule has 2 aliphatic rings. The highest BCUT2D eigenvalue weighted by Gasteiger charge is 2.55. The summed E-state index contributed by atoms with van der Waals surface area (Å²) >= 11 is 0. The maximum absolute atomic E-state index is 12.5. The number of ether oxygens (including phenoxy) is 2. The molecule has 2 fully saturated rings. The third-order valence-electron chi connectivity index (χ3n) is 4.98. The van der Waals surface area contributed by atoms with Crippen molar-refractivity contribution in [2.45, 2.75) is 38.5 Å². The minimum atomic E-state index is -0.599. The second-order valence-electron chi connectivity index (χ2n) is 8.41. The van der Waals surface area contributed by atoms with E-state index in [1.165, 1.54) is 4.90 Å². The summed E-state index contributed by atoms with van der Waals surface area (Å²) in [6.45, 7) is 6.51. The molecule has 3 rings (SSSR count). The number of carbonyl (C=O) groups excluding carboxylic acids is 3. The van der Waals surface area contributed by atoms with Crippen LogP contribution < -0.4 is 0 Å². The molecule has 0 saturated carbocycles. The van der Waals surface area contributed by atoms with Crippen molar-refractivity contribution in [3.05, 3.63) is 35.9 Å². The molecule has 1 spiro atoms.